The zero-order valence-corrected chi connectivity index (χ0v) is 15.0. The van der Waals surface area contributed by atoms with Crippen LogP contribution in [-0.4, -0.2) is 59.4 Å². The summed E-state index contributed by atoms with van der Waals surface area (Å²) in [6.07, 6.45) is 4.42. The molecule has 3 aliphatic rings. The highest BCUT2D eigenvalue weighted by Gasteiger charge is 2.42. The number of carbonyl (C=O) groups is 3. The van der Waals surface area contributed by atoms with Gasteiger partial charge in [-0.3, -0.25) is 19.3 Å². The molecule has 0 aliphatic carbocycles. The van der Waals surface area contributed by atoms with Gasteiger partial charge in [-0.25, -0.2) is 0 Å². The van der Waals surface area contributed by atoms with Gasteiger partial charge in [-0.1, -0.05) is 12.1 Å². The van der Waals surface area contributed by atoms with Crippen LogP contribution in [0.5, 0.6) is 0 Å². The second-order valence-corrected chi connectivity index (χ2v) is 7.42. The molecule has 3 amide bonds. The summed E-state index contributed by atoms with van der Waals surface area (Å²) < 4.78 is 5.78. The number of benzene rings is 1. The van der Waals surface area contributed by atoms with Crippen molar-refractivity contribution >= 4 is 17.7 Å². The van der Waals surface area contributed by atoms with E-state index >= 15 is 0 Å². The van der Waals surface area contributed by atoms with E-state index in [9.17, 15) is 14.4 Å². The zero-order valence-electron chi connectivity index (χ0n) is 15.0. The highest BCUT2D eigenvalue weighted by Crippen LogP contribution is 2.30. The van der Waals surface area contributed by atoms with E-state index in [2.05, 4.69) is 0 Å². The van der Waals surface area contributed by atoms with Crippen molar-refractivity contribution in [3.8, 4) is 0 Å². The van der Waals surface area contributed by atoms with Gasteiger partial charge in [0.05, 0.1) is 17.2 Å². The zero-order chi connectivity index (χ0) is 18.3. The van der Waals surface area contributed by atoms with Crippen LogP contribution in [-0.2, 0) is 9.53 Å². The first-order chi connectivity index (χ1) is 12.6. The third kappa shape index (κ3) is 2.82. The van der Waals surface area contributed by atoms with Crippen molar-refractivity contribution in [3.63, 3.8) is 0 Å². The number of fused-ring (bicyclic) bond motifs is 1. The molecule has 2 atom stereocenters. The molecule has 1 unspecified atom stereocenters. The Morgan fingerprint density at radius 3 is 2.23 bits per heavy atom. The van der Waals surface area contributed by atoms with Crippen molar-refractivity contribution in [2.75, 3.05) is 19.7 Å². The molecular formula is C20H24N2O4. The van der Waals surface area contributed by atoms with Crippen LogP contribution in [0.2, 0.25) is 0 Å². The molecule has 0 radical (unpaired) electrons. The molecule has 0 bridgehead atoms. The summed E-state index contributed by atoms with van der Waals surface area (Å²) in [5.74, 6) is -0.386. The van der Waals surface area contributed by atoms with Gasteiger partial charge in [0.25, 0.3) is 11.8 Å². The summed E-state index contributed by atoms with van der Waals surface area (Å²) in [5, 5.41) is 0. The summed E-state index contributed by atoms with van der Waals surface area (Å²) >= 11 is 0. The number of nitrogens with zero attached hydrogens (tertiary/aromatic N) is 2. The Hall–Kier alpha value is -2.21. The van der Waals surface area contributed by atoms with Crippen LogP contribution >= 0.6 is 0 Å². The van der Waals surface area contributed by atoms with E-state index in [-0.39, 0.29) is 17.7 Å². The number of carbonyl (C=O) groups excluding carboxylic acids is 3. The number of imide groups is 1. The Morgan fingerprint density at radius 2 is 1.69 bits per heavy atom. The lowest BCUT2D eigenvalue weighted by atomic mass is 9.89. The minimum Gasteiger partial charge on any atom is -0.378 e. The summed E-state index contributed by atoms with van der Waals surface area (Å²) in [7, 11) is 0. The van der Waals surface area contributed by atoms with Crippen LogP contribution in [0.3, 0.4) is 0 Å². The van der Waals surface area contributed by atoms with Crippen LogP contribution < -0.4 is 0 Å². The quantitative estimate of drug-likeness (QED) is 0.778. The first-order valence-electron chi connectivity index (χ1n) is 9.45. The molecule has 0 spiro atoms. The average Bonchev–Trinajstić information content (AvgIpc) is 3.29. The Bertz CT molecular complexity index is 698. The van der Waals surface area contributed by atoms with Gasteiger partial charge < -0.3 is 9.64 Å². The van der Waals surface area contributed by atoms with Crippen LogP contribution in [0, 0.1) is 5.92 Å². The predicted octanol–water partition coefficient (Wildman–Crippen LogP) is 2.09. The second kappa shape index (κ2) is 6.83. The number of piperidine rings is 1. The molecule has 26 heavy (non-hydrogen) atoms. The van der Waals surface area contributed by atoms with Crippen LogP contribution in [0.1, 0.15) is 53.3 Å². The third-order valence-corrected chi connectivity index (χ3v) is 5.91. The fourth-order valence-electron chi connectivity index (χ4n) is 4.40. The van der Waals surface area contributed by atoms with E-state index in [4.69, 9.17) is 4.74 Å². The number of likely N-dealkylation sites (tertiary alicyclic amines) is 1. The first kappa shape index (κ1) is 17.2. The van der Waals surface area contributed by atoms with Gasteiger partial charge in [-0.15, -0.1) is 0 Å². The smallest absolute Gasteiger partial charge is 0.262 e. The Labute approximate surface area is 153 Å². The van der Waals surface area contributed by atoms with Gasteiger partial charge >= 0.3 is 0 Å². The number of ether oxygens (including phenoxy) is 1. The molecule has 0 aromatic heterocycles. The van der Waals surface area contributed by atoms with Gasteiger partial charge in [0.15, 0.2) is 0 Å². The molecule has 1 aromatic carbocycles. The van der Waals surface area contributed by atoms with Crippen molar-refractivity contribution in [3.05, 3.63) is 35.4 Å². The second-order valence-electron chi connectivity index (χ2n) is 7.42. The molecule has 2 fully saturated rings. The lowest BCUT2D eigenvalue weighted by Crippen LogP contribution is -2.51. The normalized spacial score (nSPS) is 24.9. The lowest BCUT2D eigenvalue weighted by Gasteiger charge is -2.36. The molecule has 4 rings (SSSR count). The van der Waals surface area contributed by atoms with Crippen LogP contribution in [0.25, 0.3) is 0 Å². The molecule has 2 saturated heterocycles. The predicted molar refractivity (Wildman–Crippen MR) is 94.7 cm³/mol. The van der Waals surface area contributed by atoms with Gasteiger partial charge in [0.1, 0.15) is 6.04 Å². The standard InChI is InChI=1S/C20H24N2O4/c1-13(22-19(24)15-5-2-3-6-16(15)20(22)25)18(23)21-10-8-14(9-11-21)17-7-4-12-26-17/h2-3,5-6,13-14,17H,4,7-12H2,1H3/t13-,17?/m1/s1. The number of rotatable bonds is 3. The van der Waals surface area contributed by atoms with E-state index < -0.39 is 6.04 Å². The lowest BCUT2D eigenvalue weighted by molar-refractivity contribution is -0.137. The molecule has 3 aliphatic heterocycles. The van der Waals surface area contributed by atoms with Crippen molar-refractivity contribution in [2.24, 2.45) is 5.92 Å². The fourth-order valence-corrected chi connectivity index (χ4v) is 4.40. The molecule has 0 saturated carbocycles. The van der Waals surface area contributed by atoms with Gasteiger partial charge in [0.2, 0.25) is 5.91 Å². The largest absolute Gasteiger partial charge is 0.378 e. The summed E-state index contributed by atoms with van der Waals surface area (Å²) in [5.41, 5.74) is 0.767. The van der Waals surface area contributed by atoms with Crippen molar-refractivity contribution in [1.82, 2.24) is 9.80 Å². The Balaban J connectivity index is 1.41. The average molecular weight is 356 g/mol. The number of amides is 3. The molecule has 6 nitrogen and oxygen atoms in total. The van der Waals surface area contributed by atoms with E-state index in [1.807, 2.05) is 0 Å². The van der Waals surface area contributed by atoms with Gasteiger partial charge in [-0.2, -0.15) is 0 Å². The maximum atomic E-state index is 12.9. The molecule has 138 valence electrons. The number of hydrogen-bond donors (Lipinski definition) is 0. The Kier molecular flexibility index (Phi) is 4.53. The van der Waals surface area contributed by atoms with E-state index in [0.717, 1.165) is 37.2 Å². The third-order valence-electron chi connectivity index (χ3n) is 5.91. The molecule has 1 aromatic rings. The van der Waals surface area contributed by atoms with Crippen LogP contribution in [0.4, 0.5) is 0 Å². The van der Waals surface area contributed by atoms with Crippen molar-refractivity contribution < 1.29 is 19.1 Å². The highest BCUT2D eigenvalue weighted by atomic mass is 16.5. The molecular weight excluding hydrogens is 332 g/mol. The summed E-state index contributed by atoms with van der Waals surface area (Å²) in [4.78, 5) is 41.0. The van der Waals surface area contributed by atoms with Gasteiger partial charge in [-0.05, 0) is 50.7 Å². The number of hydrogen-bond acceptors (Lipinski definition) is 4. The first-order valence-corrected chi connectivity index (χ1v) is 9.45. The molecule has 6 heteroatoms. The maximum absolute atomic E-state index is 12.9. The monoisotopic (exact) mass is 356 g/mol. The topological polar surface area (TPSA) is 66.9 Å². The molecule has 0 N–H and O–H groups in total. The SMILES string of the molecule is C[C@H](C(=O)N1CCC(C2CCCO2)CC1)N1C(=O)c2ccccc2C1=O. The van der Waals surface area contributed by atoms with Crippen molar-refractivity contribution in [1.29, 1.82) is 0 Å². The van der Waals surface area contributed by atoms with Gasteiger partial charge in [0, 0.05) is 19.7 Å². The summed E-state index contributed by atoms with van der Waals surface area (Å²) in [6.45, 7) is 3.82. The fraction of sp³-hybridized carbons (Fsp3) is 0.550. The van der Waals surface area contributed by atoms with E-state index in [1.165, 1.54) is 0 Å². The van der Waals surface area contributed by atoms with Crippen LogP contribution in [0.15, 0.2) is 24.3 Å². The highest BCUT2D eigenvalue weighted by molar-refractivity contribution is 6.22. The minimum atomic E-state index is -0.776. The summed E-state index contributed by atoms with van der Waals surface area (Å²) in [6, 6.07) is 5.97. The van der Waals surface area contributed by atoms with Crippen molar-refractivity contribution in [2.45, 2.75) is 44.8 Å². The molecule has 3 heterocycles. The van der Waals surface area contributed by atoms with E-state index in [0.29, 0.717) is 36.2 Å². The minimum absolute atomic E-state index is 0.148. The Morgan fingerprint density at radius 1 is 1.08 bits per heavy atom. The van der Waals surface area contributed by atoms with E-state index in [1.54, 1.807) is 36.1 Å². The maximum Gasteiger partial charge on any atom is 0.262 e.